The summed E-state index contributed by atoms with van der Waals surface area (Å²) in [5, 5.41) is 24.0. The summed E-state index contributed by atoms with van der Waals surface area (Å²) in [6, 6.07) is 6.77. The molecule has 1 amide bonds. The van der Waals surface area contributed by atoms with E-state index in [1.165, 1.54) is 0 Å². The van der Waals surface area contributed by atoms with Crippen LogP contribution < -0.4 is 5.32 Å². The SMILES string of the molecule is CCOC(=O)c1cc2ccc(C(O)C(O)CCNC(=O)OC(C)(C)C)cc2[nH]1. The third-order valence-electron chi connectivity index (χ3n) is 3.96. The molecule has 0 aliphatic rings. The van der Waals surface area contributed by atoms with Crippen LogP contribution in [0.15, 0.2) is 24.3 Å². The number of aliphatic hydroxyl groups excluding tert-OH is 2. The Bertz CT molecular complexity index is 824. The zero-order chi connectivity index (χ0) is 20.9. The quantitative estimate of drug-likeness (QED) is 0.538. The van der Waals surface area contributed by atoms with Gasteiger partial charge in [0.25, 0.3) is 0 Å². The summed E-state index contributed by atoms with van der Waals surface area (Å²) in [7, 11) is 0. The minimum Gasteiger partial charge on any atom is -0.461 e. The number of aromatic amines is 1. The number of rotatable bonds is 7. The van der Waals surface area contributed by atoms with Crippen molar-refractivity contribution in [3.05, 3.63) is 35.5 Å². The highest BCUT2D eigenvalue weighted by Gasteiger charge is 2.21. The van der Waals surface area contributed by atoms with Crippen molar-refractivity contribution in [1.29, 1.82) is 0 Å². The zero-order valence-electron chi connectivity index (χ0n) is 16.6. The van der Waals surface area contributed by atoms with Crippen molar-refractivity contribution in [1.82, 2.24) is 10.3 Å². The molecule has 0 saturated heterocycles. The van der Waals surface area contributed by atoms with E-state index < -0.39 is 29.9 Å². The van der Waals surface area contributed by atoms with Crippen molar-refractivity contribution in [3.63, 3.8) is 0 Å². The van der Waals surface area contributed by atoms with E-state index in [-0.39, 0.29) is 19.6 Å². The Labute approximate surface area is 163 Å². The van der Waals surface area contributed by atoms with Gasteiger partial charge in [-0.2, -0.15) is 0 Å². The highest BCUT2D eigenvalue weighted by atomic mass is 16.6. The number of carbonyl (C=O) groups is 2. The first kappa shape index (κ1) is 21.7. The summed E-state index contributed by atoms with van der Waals surface area (Å²) >= 11 is 0. The number of carbonyl (C=O) groups excluding carboxylic acids is 2. The number of alkyl carbamates (subject to hydrolysis) is 1. The Hall–Kier alpha value is -2.58. The Morgan fingerprint density at radius 3 is 2.57 bits per heavy atom. The van der Waals surface area contributed by atoms with Gasteiger partial charge in [0.1, 0.15) is 17.4 Å². The van der Waals surface area contributed by atoms with E-state index >= 15 is 0 Å². The van der Waals surface area contributed by atoms with Crippen molar-refractivity contribution in [2.45, 2.75) is 51.9 Å². The van der Waals surface area contributed by atoms with Crippen LogP contribution >= 0.6 is 0 Å². The second kappa shape index (κ2) is 9.07. The van der Waals surface area contributed by atoms with Gasteiger partial charge in [-0.15, -0.1) is 0 Å². The van der Waals surface area contributed by atoms with Crippen LogP contribution in [0.25, 0.3) is 10.9 Å². The molecule has 0 bridgehead atoms. The molecular formula is C20H28N2O6. The molecule has 0 radical (unpaired) electrons. The number of benzene rings is 1. The summed E-state index contributed by atoms with van der Waals surface area (Å²) in [5.74, 6) is -0.450. The molecule has 2 unspecified atom stereocenters. The number of fused-ring (bicyclic) bond motifs is 1. The van der Waals surface area contributed by atoms with E-state index in [1.54, 1.807) is 52.0 Å². The maximum atomic E-state index is 11.8. The molecule has 1 aromatic carbocycles. The molecule has 1 heterocycles. The fraction of sp³-hybridized carbons (Fsp3) is 0.500. The van der Waals surface area contributed by atoms with E-state index in [1.807, 2.05) is 0 Å². The van der Waals surface area contributed by atoms with E-state index in [0.717, 1.165) is 5.39 Å². The van der Waals surface area contributed by atoms with Gasteiger partial charge in [0.2, 0.25) is 0 Å². The Morgan fingerprint density at radius 1 is 1.21 bits per heavy atom. The predicted octanol–water partition coefficient (Wildman–Crippen LogP) is 2.65. The van der Waals surface area contributed by atoms with Gasteiger partial charge in [-0.1, -0.05) is 12.1 Å². The molecule has 2 aromatic rings. The Kier molecular flexibility index (Phi) is 7.04. The van der Waals surface area contributed by atoms with E-state index in [0.29, 0.717) is 16.8 Å². The summed E-state index contributed by atoms with van der Waals surface area (Å²) in [5.41, 5.74) is 0.870. The van der Waals surface area contributed by atoms with Crippen LogP contribution in [-0.4, -0.2) is 52.1 Å². The smallest absolute Gasteiger partial charge is 0.407 e. The molecule has 0 aliphatic heterocycles. The number of H-pyrrole nitrogens is 1. The van der Waals surface area contributed by atoms with Gasteiger partial charge in [0.15, 0.2) is 0 Å². The van der Waals surface area contributed by atoms with Crippen molar-refractivity contribution in [2.75, 3.05) is 13.2 Å². The summed E-state index contributed by atoms with van der Waals surface area (Å²) in [6.45, 7) is 7.44. The topological polar surface area (TPSA) is 121 Å². The molecule has 0 spiro atoms. The van der Waals surface area contributed by atoms with Crippen LogP contribution in [-0.2, 0) is 9.47 Å². The highest BCUT2D eigenvalue weighted by Crippen LogP contribution is 2.24. The van der Waals surface area contributed by atoms with Crippen molar-refractivity contribution in [2.24, 2.45) is 0 Å². The van der Waals surface area contributed by atoms with Gasteiger partial charge < -0.3 is 30.0 Å². The van der Waals surface area contributed by atoms with Crippen LogP contribution in [0, 0.1) is 0 Å². The monoisotopic (exact) mass is 392 g/mol. The molecule has 0 saturated carbocycles. The highest BCUT2D eigenvalue weighted by molar-refractivity contribution is 5.95. The molecule has 4 N–H and O–H groups in total. The third-order valence-corrected chi connectivity index (χ3v) is 3.96. The van der Waals surface area contributed by atoms with Crippen molar-refractivity contribution < 1.29 is 29.3 Å². The molecule has 28 heavy (non-hydrogen) atoms. The lowest BCUT2D eigenvalue weighted by molar-refractivity contribution is 0.0123. The van der Waals surface area contributed by atoms with E-state index in [2.05, 4.69) is 10.3 Å². The number of aliphatic hydroxyl groups is 2. The van der Waals surface area contributed by atoms with Gasteiger partial charge in [0, 0.05) is 17.4 Å². The first-order valence-corrected chi connectivity index (χ1v) is 9.23. The van der Waals surface area contributed by atoms with Crippen molar-refractivity contribution >= 4 is 23.0 Å². The minimum absolute atomic E-state index is 0.150. The van der Waals surface area contributed by atoms with Gasteiger partial charge in [-0.3, -0.25) is 0 Å². The van der Waals surface area contributed by atoms with Gasteiger partial charge in [-0.05, 0) is 51.8 Å². The van der Waals surface area contributed by atoms with Gasteiger partial charge in [-0.25, -0.2) is 9.59 Å². The van der Waals surface area contributed by atoms with Gasteiger partial charge >= 0.3 is 12.1 Å². The average Bonchev–Trinajstić information content (AvgIpc) is 3.03. The summed E-state index contributed by atoms with van der Waals surface area (Å²) in [6.07, 6.45) is -2.64. The van der Waals surface area contributed by atoms with E-state index in [9.17, 15) is 19.8 Å². The molecule has 0 fully saturated rings. The lowest BCUT2D eigenvalue weighted by Gasteiger charge is -2.21. The fourth-order valence-corrected chi connectivity index (χ4v) is 2.66. The lowest BCUT2D eigenvalue weighted by Crippen LogP contribution is -2.34. The number of hydrogen-bond donors (Lipinski definition) is 4. The summed E-state index contributed by atoms with van der Waals surface area (Å²) < 4.78 is 10.1. The molecule has 0 aliphatic carbocycles. The lowest BCUT2D eigenvalue weighted by atomic mass is 10.0. The second-order valence-corrected chi connectivity index (χ2v) is 7.48. The number of esters is 1. The van der Waals surface area contributed by atoms with E-state index in [4.69, 9.17) is 9.47 Å². The molecule has 2 rings (SSSR count). The maximum Gasteiger partial charge on any atom is 0.407 e. The maximum absolute atomic E-state index is 11.8. The first-order chi connectivity index (χ1) is 13.1. The minimum atomic E-state index is -1.14. The number of amides is 1. The third kappa shape index (κ3) is 5.97. The molecule has 8 nitrogen and oxygen atoms in total. The molecule has 8 heteroatoms. The molecule has 2 atom stereocenters. The number of ether oxygens (including phenoxy) is 2. The van der Waals surface area contributed by atoms with Crippen LogP contribution in [0.1, 0.15) is 56.3 Å². The fourth-order valence-electron chi connectivity index (χ4n) is 2.66. The Morgan fingerprint density at radius 2 is 1.93 bits per heavy atom. The van der Waals surface area contributed by atoms with Crippen LogP contribution in [0.2, 0.25) is 0 Å². The standard InChI is InChI=1S/C20H28N2O6/c1-5-27-18(25)15-10-12-6-7-13(11-14(12)22-15)17(24)16(23)8-9-21-19(26)28-20(2,3)4/h6-7,10-11,16-17,22-24H,5,8-9H2,1-4H3,(H,21,26). The summed E-state index contributed by atoms with van der Waals surface area (Å²) in [4.78, 5) is 26.4. The van der Waals surface area contributed by atoms with Crippen molar-refractivity contribution in [3.8, 4) is 0 Å². The Balaban J connectivity index is 1.97. The van der Waals surface area contributed by atoms with Crippen LogP contribution in [0.5, 0.6) is 0 Å². The zero-order valence-corrected chi connectivity index (χ0v) is 16.6. The normalized spacial score (nSPS) is 13.8. The molecule has 154 valence electrons. The molecular weight excluding hydrogens is 364 g/mol. The van der Waals surface area contributed by atoms with Gasteiger partial charge in [0.05, 0.1) is 12.7 Å². The second-order valence-electron chi connectivity index (χ2n) is 7.48. The first-order valence-electron chi connectivity index (χ1n) is 9.23. The average molecular weight is 392 g/mol. The van der Waals surface area contributed by atoms with Crippen LogP contribution in [0.3, 0.4) is 0 Å². The molecule has 1 aromatic heterocycles. The van der Waals surface area contributed by atoms with Crippen LogP contribution in [0.4, 0.5) is 4.79 Å². The largest absolute Gasteiger partial charge is 0.461 e. The number of nitrogens with one attached hydrogen (secondary N) is 2. The predicted molar refractivity (Wildman–Crippen MR) is 104 cm³/mol. The number of aromatic nitrogens is 1. The number of hydrogen-bond acceptors (Lipinski definition) is 6.